The van der Waals surface area contributed by atoms with Crippen molar-refractivity contribution in [2.24, 2.45) is 5.41 Å². The van der Waals surface area contributed by atoms with Gasteiger partial charge in [-0.15, -0.1) is 0 Å². The topological polar surface area (TPSA) is 107 Å². The maximum Gasteiger partial charge on any atom is 0.242 e. The maximum absolute atomic E-state index is 13.4. The Morgan fingerprint density at radius 3 is 2.51 bits per heavy atom. The Morgan fingerprint density at radius 1 is 1.17 bits per heavy atom. The van der Waals surface area contributed by atoms with Gasteiger partial charge in [0.1, 0.15) is 34.8 Å². The minimum Gasteiger partial charge on any atom is -0.474 e. The third-order valence-corrected chi connectivity index (χ3v) is 8.56. The highest BCUT2D eigenvalue weighted by molar-refractivity contribution is 7.91. The molecule has 1 unspecified atom stereocenters. The van der Waals surface area contributed by atoms with Gasteiger partial charge >= 0.3 is 0 Å². The lowest BCUT2D eigenvalue weighted by Gasteiger charge is -2.32. The molecule has 1 aromatic heterocycles. The summed E-state index contributed by atoms with van der Waals surface area (Å²) in [6.07, 6.45) is 1.26. The molecule has 0 aliphatic carbocycles. The number of alkyl halides is 1. The lowest BCUT2D eigenvalue weighted by Crippen LogP contribution is -2.33. The third-order valence-electron chi connectivity index (χ3n) is 6.91. The van der Waals surface area contributed by atoms with Gasteiger partial charge in [0.2, 0.25) is 11.8 Å². The Morgan fingerprint density at radius 2 is 1.86 bits per heavy atom. The average Bonchev–Trinajstić information content (AvgIpc) is 3.00. The molecule has 0 saturated carbocycles. The molecule has 0 radical (unpaired) electrons. The molecule has 2 aliphatic rings. The molecule has 8 nitrogen and oxygen atoms in total. The highest BCUT2D eigenvalue weighted by Crippen LogP contribution is 2.46. The maximum atomic E-state index is 13.4. The van der Waals surface area contributed by atoms with Crippen LogP contribution in [0.25, 0.3) is 0 Å². The van der Waals surface area contributed by atoms with Crippen molar-refractivity contribution in [3.05, 3.63) is 41.7 Å². The normalized spacial score (nSPS) is 20.8. The zero-order chi connectivity index (χ0) is 25.6. The summed E-state index contributed by atoms with van der Waals surface area (Å²) in [6, 6.07) is 6.66. The van der Waals surface area contributed by atoms with Gasteiger partial charge in [-0.25, -0.2) is 22.8 Å². The second kappa shape index (κ2) is 8.96. The molecule has 2 aliphatic heterocycles. The molecule has 1 aromatic carbocycles. The van der Waals surface area contributed by atoms with Crippen LogP contribution in [0, 0.1) is 5.41 Å². The number of carbonyl (C=O) groups is 2. The van der Waals surface area contributed by atoms with E-state index in [-0.39, 0.29) is 47.5 Å². The number of anilines is 2. The number of carbonyl (C=O) groups excluding carboxylic acids is 2. The molecule has 0 N–H and O–H groups in total. The number of amides is 1. The van der Waals surface area contributed by atoms with Gasteiger partial charge in [0, 0.05) is 18.1 Å². The minimum atomic E-state index is -3.02. The Kier molecular flexibility index (Phi) is 6.46. The van der Waals surface area contributed by atoms with E-state index in [0.29, 0.717) is 35.5 Å². The number of hydrogen-bond donors (Lipinski definition) is 0. The quantitative estimate of drug-likeness (QED) is 0.527. The number of halogens is 1. The van der Waals surface area contributed by atoms with Crippen molar-refractivity contribution < 1.29 is 27.1 Å². The number of aromatic nitrogens is 2. The van der Waals surface area contributed by atoms with Gasteiger partial charge < -0.3 is 4.74 Å². The van der Waals surface area contributed by atoms with Gasteiger partial charge in [-0.05, 0) is 62.8 Å². The molecule has 1 amide bonds. The van der Waals surface area contributed by atoms with Crippen molar-refractivity contribution in [1.29, 1.82) is 0 Å². The third kappa shape index (κ3) is 5.07. The van der Waals surface area contributed by atoms with Gasteiger partial charge in [0.15, 0.2) is 5.78 Å². The summed E-state index contributed by atoms with van der Waals surface area (Å²) in [5, 5.41) is 0. The number of hydrogen-bond acceptors (Lipinski definition) is 7. The minimum absolute atomic E-state index is 0.0747. The summed E-state index contributed by atoms with van der Waals surface area (Å²) in [7, 11) is -3.02. The molecule has 1 fully saturated rings. The van der Waals surface area contributed by atoms with Gasteiger partial charge in [0.05, 0.1) is 22.6 Å². The Hall–Kier alpha value is -2.88. The Balaban J connectivity index is 1.61. The van der Waals surface area contributed by atoms with Crippen LogP contribution in [0.3, 0.4) is 0 Å². The SMILES string of the molecule is CC(F)COc1cc(N2C(=O)C(C)(C)c3cc(C(=O)CC4(C)CCS(=O)(=O)CC4)ccc32)ncn1. The van der Waals surface area contributed by atoms with Crippen LogP contribution in [0.1, 0.15) is 62.9 Å². The fourth-order valence-electron chi connectivity index (χ4n) is 4.57. The molecule has 10 heteroatoms. The van der Waals surface area contributed by atoms with Gasteiger partial charge in [0.25, 0.3) is 0 Å². The Bertz CT molecular complexity index is 1260. The van der Waals surface area contributed by atoms with Gasteiger partial charge in [-0.3, -0.25) is 14.5 Å². The first-order valence-electron chi connectivity index (χ1n) is 11.6. The first kappa shape index (κ1) is 25.2. The number of sulfone groups is 1. The fourth-order valence-corrected chi connectivity index (χ4v) is 6.38. The van der Waals surface area contributed by atoms with E-state index < -0.39 is 21.4 Å². The largest absolute Gasteiger partial charge is 0.474 e. The molecule has 4 rings (SSSR count). The lowest BCUT2D eigenvalue weighted by molar-refractivity contribution is -0.121. The summed E-state index contributed by atoms with van der Waals surface area (Å²) >= 11 is 0. The molecule has 1 atom stereocenters. The number of ether oxygens (including phenoxy) is 1. The fraction of sp³-hybridized carbons (Fsp3) is 0.520. The van der Waals surface area contributed by atoms with E-state index in [4.69, 9.17) is 4.74 Å². The average molecular weight is 504 g/mol. The first-order valence-corrected chi connectivity index (χ1v) is 13.5. The second-order valence-electron chi connectivity index (χ2n) is 10.4. The van der Waals surface area contributed by atoms with Gasteiger partial charge in [-0.1, -0.05) is 6.92 Å². The van der Waals surface area contributed by atoms with Crippen LogP contribution >= 0.6 is 0 Å². The van der Waals surface area contributed by atoms with E-state index in [1.54, 1.807) is 32.0 Å². The summed E-state index contributed by atoms with van der Waals surface area (Å²) in [4.78, 5) is 36.2. The van der Waals surface area contributed by atoms with Crippen molar-refractivity contribution in [2.45, 2.75) is 58.5 Å². The smallest absolute Gasteiger partial charge is 0.242 e. The number of rotatable bonds is 7. The molecule has 0 bridgehead atoms. The molecule has 35 heavy (non-hydrogen) atoms. The first-order chi connectivity index (χ1) is 16.3. The van der Waals surface area contributed by atoms with Crippen molar-refractivity contribution >= 4 is 33.0 Å². The van der Waals surface area contributed by atoms with Gasteiger partial charge in [-0.2, -0.15) is 0 Å². The highest BCUT2D eigenvalue weighted by Gasteiger charge is 2.46. The van der Waals surface area contributed by atoms with Crippen molar-refractivity contribution in [3.63, 3.8) is 0 Å². The van der Waals surface area contributed by atoms with Crippen molar-refractivity contribution in [3.8, 4) is 5.88 Å². The predicted molar refractivity (Wildman–Crippen MR) is 130 cm³/mol. The van der Waals surface area contributed by atoms with Crippen LogP contribution in [0.15, 0.2) is 30.6 Å². The molecular formula is C25H30FN3O5S. The Labute approximate surface area is 204 Å². The zero-order valence-corrected chi connectivity index (χ0v) is 21.2. The summed E-state index contributed by atoms with van der Waals surface area (Å²) in [5.74, 6) is 0.374. The molecule has 188 valence electrons. The van der Waals surface area contributed by atoms with E-state index in [1.807, 2.05) is 6.92 Å². The monoisotopic (exact) mass is 503 g/mol. The van der Waals surface area contributed by atoms with Crippen LogP contribution in [0.5, 0.6) is 5.88 Å². The molecule has 1 saturated heterocycles. The summed E-state index contributed by atoms with van der Waals surface area (Å²) in [6.45, 7) is 6.75. The van der Waals surface area contributed by atoms with Crippen molar-refractivity contribution in [2.75, 3.05) is 23.0 Å². The van der Waals surface area contributed by atoms with Crippen LogP contribution in [0.2, 0.25) is 0 Å². The zero-order valence-electron chi connectivity index (χ0n) is 20.4. The molecule has 3 heterocycles. The van der Waals surface area contributed by atoms with Crippen LogP contribution in [0.4, 0.5) is 15.9 Å². The highest BCUT2D eigenvalue weighted by atomic mass is 32.2. The van der Waals surface area contributed by atoms with E-state index in [9.17, 15) is 22.4 Å². The number of Topliss-reactive ketones (excluding diaryl/α,β-unsaturated/α-hetero) is 1. The molecular weight excluding hydrogens is 473 g/mol. The van der Waals surface area contributed by atoms with Crippen molar-refractivity contribution in [1.82, 2.24) is 9.97 Å². The molecule has 0 spiro atoms. The van der Waals surface area contributed by atoms with E-state index in [1.165, 1.54) is 24.2 Å². The van der Waals surface area contributed by atoms with Crippen LogP contribution in [-0.4, -0.2) is 54.4 Å². The summed E-state index contributed by atoms with van der Waals surface area (Å²) < 4.78 is 42.1. The van der Waals surface area contributed by atoms with E-state index in [2.05, 4.69) is 9.97 Å². The predicted octanol–water partition coefficient (Wildman–Crippen LogP) is 3.96. The number of fused-ring (bicyclic) bond motifs is 1. The standard InChI is InChI=1S/C25H30FN3O5S/c1-16(26)14-34-22-12-21(27-15-28-22)29-19-6-5-17(11-18(19)24(2,3)23(29)31)20(30)13-25(4)7-9-35(32,33)10-8-25/h5-6,11-12,15-16H,7-10,13-14H2,1-4H3. The number of benzene rings is 1. The number of nitrogens with zero attached hydrogens (tertiary/aromatic N) is 3. The second-order valence-corrected chi connectivity index (χ2v) is 12.7. The summed E-state index contributed by atoms with van der Waals surface area (Å²) in [5.41, 5.74) is 0.518. The number of ketones is 1. The van der Waals surface area contributed by atoms with Crippen LogP contribution in [-0.2, 0) is 20.0 Å². The van der Waals surface area contributed by atoms with E-state index in [0.717, 1.165) is 0 Å². The molecule has 2 aromatic rings. The van der Waals surface area contributed by atoms with E-state index >= 15 is 0 Å². The lowest BCUT2D eigenvalue weighted by atomic mass is 9.78. The van der Waals surface area contributed by atoms with Crippen LogP contribution < -0.4 is 9.64 Å².